The predicted molar refractivity (Wildman–Crippen MR) is 70.9 cm³/mol. The number of halogens is 1. The van der Waals surface area contributed by atoms with Crippen molar-refractivity contribution in [2.75, 3.05) is 17.7 Å². The van der Waals surface area contributed by atoms with E-state index in [2.05, 4.69) is 26.9 Å². The fourth-order valence-corrected chi connectivity index (χ4v) is 2.65. The van der Waals surface area contributed by atoms with E-state index in [1.54, 1.807) is 11.3 Å². The highest BCUT2D eigenvalue weighted by Gasteiger charge is 2.05. The van der Waals surface area contributed by atoms with Gasteiger partial charge >= 0.3 is 0 Å². The Kier molecular flexibility index (Phi) is 2.98. The van der Waals surface area contributed by atoms with Gasteiger partial charge < -0.3 is 10.6 Å². The number of thiophene rings is 1. The van der Waals surface area contributed by atoms with E-state index in [1.165, 1.54) is 5.00 Å². The van der Waals surface area contributed by atoms with Gasteiger partial charge in [0.25, 0.3) is 0 Å². The van der Waals surface area contributed by atoms with E-state index in [1.807, 2.05) is 37.4 Å². The van der Waals surface area contributed by atoms with Crippen molar-refractivity contribution in [1.29, 1.82) is 0 Å². The molecule has 2 N–H and O–H groups in total. The SMILES string of the molecule is CN(c1ccc(N)cc1)c1ccc(Br)s1. The van der Waals surface area contributed by atoms with Gasteiger partial charge in [-0.1, -0.05) is 0 Å². The molecule has 0 spiro atoms. The molecule has 0 atom stereocenters. The van der Waals surface area contributed by atoms with E-state index in [4.69, 9.17) is 5.73 Å². The normalized spacial score (nSPS) is 10.3. The molecule has 1 aromatic heterocycles. The van der Waals surface area contributed by atoms with Crippen LogP contribution in [0.25, 0.3) is 0 Å². The van der Waals surface area contributed by atoms with Gasteiger partial charge in [0.15, 0.2) is 0 Å². The summed E-state index contributed by atoms with van der Waals surface area (Å²) in [5.41, 5.74) is 7.57. The summed E-state index contributed by atoms with van der Waals surface area (Å²) < 4.78 is 1.14. The summed E-state index contributed by atoms with van der Waals surface area (Å²) in [7, 11) is 2.05. The van der Waals surface area contributed by atoms with Crippen LogP contribution in [0.4, 0.5) is 16.4 Å². The van der Waals surface area contributed by atoms with Crippen molar-refractivity contribution in [2.24, 2.45) is 0 Å². The molecule has 0 aliphatic heterocycles. The number of hydrogen-bond donors (Lipinski definition) is 1. The van der Waals surface area contributed by atoms with Crippen molar-refractivity contribution in [1.82, 2.24) is 0 Å². The molecule has 4 heteroatoms. The second-order valence-corrected chi connectivity index (χ2v) is 5.67. The summed E-state index contributed by atoms with van der Waals surface area (Å²) in [4.78, 5) is 2.13. The highest BCUT2D eigenvalue weighted by molar-refractivity contribution is 9.11. The van der Waals surface area contributed by atoms with E-state index in [0.29, 0.717) is 0 Å². The van der Waals surface area contributed by atoms with Crippen LogP contribution in [0.5, 0.6) is 0 Å². The Hall–Kier alpha value is -1.000. The van der Waals surface area contributed by atoms with Crippen molar-refractivity contribution >= 4 is 43.6 Å². The van der Waals surface area contributed by atoms with Crippen molar-refractivity contribution in [3.8, 4) is 0 Å². The topological polar surface area (TPSA) is 29.3 Å². The van der Waals surface area contributed by atoms with Crippen molar-refractivity contribution < 1.29 is 0 Å². The number of hydrogen-bond acceptors (Lipinski definition) is 3. The number of nitrogens with two attached hydrogens (primary N) is 1. The molecule has 0 unspecified atom stereocenters. The Morgan fingerprint density at radius 3 is 2.33 bits per heavy atom. The number of nitrogen functional groups attached to an aromatic ring is 1. The van der Waals surface area contributed by atoms with E-state index >= 15 is 0 Å². The van der Waals surface area contributed by atoms with Crippen LogP contribution in [0.1, 0.15) is 0 Å². The highest BCUT2D eigenvalue weighted by atomic mass is 79.9. The van der Waals surface area contributed by atoms with Crippen LogP contribution in [0, 0.1) is 0 Å². The van der Waals surface area contributed by atoms with Gasteiger partial charge in [0.05, 0.1) is 8.79 Å². The third-order valence-electron chi connectivity index (χ3n) is 2.17. The highest BCUT2D eigenvalue weighted by Crippen LogP contribution is 2.33. The maximum atomic E-state index is 5.65. The first-order valence-corrected chi connectivity index (χ1v) is 6.12. The van der Waals surface area contributed by atoms with Crippen LogP contribution >= 0.6 is 27.3 Å². The number of rotatable bonds is 2. The molecule has 0 bridgehead atoms. The lowest BCUT2D eigenvalue weighted by atomic mass is 10.3. The van der Waals surface area contributed by atoms with E-state index in [-0.39, 0.29) is 0 Å². The number of nitrogens with zero attached hydrogens (tertiary/aromatic N) is 1. The van der Waals surface area contributed by atoms with Crippen LogP contribution in [-0.2, 0) is 0 Å². The Bertz CT molecular complexity index is 450. The van der Waals surface area contributed by atoms with Gasteiger partial charge in [-0.2, -0.15) is 0 Å². The van der Waals surface area contributed by atoms with Crippen LogP contribution in [-0.4, -0.2) is 7.05 Å². The molecule has 15 heavy (non-hydrogen) atoms. The lowest BCUT2D eigenvalue weighted by Crippen LogP contribution is -2.07. The zero-order valence-electron chi connectivity index (χ0n) is 8.27. The third kappa shape index (κ3) is 2.33. The van der Waals surface area contributed by atoms with Crippen LogP contribution in [0.15, 0.2) is 40.2 Å². The Balaban J connectivity index is 2.28. The van der Waals surface area contributed by atoms with E-state index < -0.39 is 0 Å². The largest absolute Gasteiger partial charge is 0.399 e. The average molecular weight is 283 g/mol. The smallest absolute Gasteiger partial charge is 0.0962 e. The van der Waals surface area contributed by atoms with E-state index in [9.17, 15) is 0 Å². The monoisotopic (exact) mass is 282 g/mol. The molecule has 0 saturated carbocycles. The van der Waals surface area contributed by atoms with E-state index in [0.717, 1.165) is 15.2 Å². The van der Waals surface area contributed by atoms with Gasteiger partial charge in [-0.15, -0.1) is 11.3 Å². The average Bonchev–Trinajstić information content (AvgIpc) is 2.65. The fourth-order valence-electron chi connectivity index (χ4n) is 1.31. The summed E-state index contributed by atoms with van der Waals surface area (Å²) in [6.07, 6.45) is 0. The molecule has 2 nitrogen and oxygen atoms in total. The summed E-state index contributed by atoms with van der Waals surface area (Å²) in [6.45, 7) is 0. The molecule has 0 fully saturated rings. The molecule has 2 aromatic rings. The number of anilines is 3. The summed E-state index contributed by atoms with van der Waals surface area (Å²) >= 11 is 5.16. The van der Waals surface area contributed by atoms with Crippen LogP contribution in [0.3, 0.4) is 0 Å². The Morgan fingerprint density at radius 2 is 1.80 bits per heavy atom. The van der Waals surface area contributed by atoms with Crippen molar-refractivity contribution in [3.05, 3.63) is 40.2 Å². The summed E-state index contributed by atoms with van der Waals surface area (Å²) in [5, 5.41) is 1.20. The lowest BCUT2D eigenvalue weighted by molar-refractivity contribution is 1.24. The molecule has 2 rings (SSSR count). The van der Waals surface area contributed by atoms with Gasteiger partial charge in [-0.05, 0) is 52.3 Å². The molecule has 0 aliphatic carbocycles. The van der Waals surface area contributed by atoms with Crippen LogP contribution < -0.4 is 10.6 Å². The first-order valence-electron chi connectivity index (χ1n) is 4.51. The maximum absolute atomic E-state index is 5.65. The lowest BCUT2D eigenvalue weighted by Gasteiger charge is -2.16. The van der Waals surface area contributed by atoms with Gasteiger partial charge in [-0.25, -0.2) is 0 Å². The first-order chi connectivity index (χ1) is 7.16. The van der Waals surface area contributed by atoms with Gasteiger partial charge in [0.2, 0.25) is 0 Å². The molecule has 0 saturated heterocycles. The second kappa shape index (κ2) is 4.24. The minimum Gasteiger partial charge on any atom is -0.399 e. The molecule has 0 radical (unpaired) electrons. The number of benzene rings is 1. The maximum Gasteiger partial charge on any atom is 0.0962 e. The molecule has 1 aromatic carbocycles. The predicted octanol–water partition coefficient (Wildman–Crippen LogP) is 3.86. The van der Waals surface area contributed by atoms with Crippen LogP contribution in [0.2, 0.25) is 0 Å². The Labute approximate surface area is 101 Å². The minimum absolute atomic E-state index is 0.791. The summed E-state index contributed by atoms with van der Waals surface area (Å²) in [6, 6.07) is 12.0. The Morgan fingerprint density at radius 1 is 1.13 bits per heavy atom. The minimum atomic E-state index is 0.791. The van der Waals surface area contributed by atoms with Crippen molar-refractivity contribution in [2.45, 2.75) is 0 Å². The molecular formula is C11H11BrN2S. The molecule has 1 heterocycles. The summed E-state index contributed by atoms with van der Waals surface area (Å²) in [5.74, 6) is 0. The molecular weight excluding hydrogens is 272 g/mol. The fraction of sp³-hybridized carbons (Fsp3) is 0.0909. The van der Waals surface area contributed by atoms with Gasteiger partial charge in [-0.3, -0.25) is 0 Å². The van der Waals surface area contributed by atoms with Gasteiger partial charge in [0.1, 0.15) is 0 Å². The van der Waals surface area contributed by atoms with Crippen molar-refractivity contribution in [3.63, 3.8) is 0 Å². The van der Waals surface area contributed by atoms with Gasteiger partial charge in [0, 0.05) is 18.4 Å². The zero-order valence-corrected chi connectivity index (χ0v) is 10.7. The first kappa shape index (κ1) is 10.5. The quantitative estimate of drug-likeness (QED) is 0.848. The molecule has 78 valence electrons. The molecule has 0 amide bonds. The standard InChI is InChI=1S/C11H11BrN2S/c1-14(11-7-6-10(12)15-11)9-4-2-8(13)3-5-9/h2-7H,13H2,1H3. The zero-order chi connectivity index (χ0) is 10.8. The molecule has 0 aliphatic rings. The second-order valence-electron chi connectivity index (χ2n) is 3.23. The third-order valence-corrected chi connectivity index (χ3v) is 3.87.